The number of piperidine rings is 2. The Bertz CT molecular complexity index is 231. The fourth-order valence-corrected chi connectivity index (χ4v) is 2.40. The lowest BCUT2D eigenvalue weighted by Gasteiger charge is -2.30. The molecule has 1 atom stereocenters. The maximum absolute atomic E-state index is 11.8. The molecule has 0 spiro atoms. The second-order valence-corrected chi connectivity index (χ2v) is 4.94. The van der Waals surface area contributed by atoms with Crippen molar-refractivity contribution in [3.8, 4) is 0 Å². The van der Waals surface area contributed by atoms with E-state index in [9.17, 15) is 4.79 Å². The molecule has 0 radical (unpaired) electrons. The molecule has 0 aromatic carbocycles. The molecule has 4 nitrogen and oxygen atoms in total. The number of carbonyl (C=O) groups is 1. The van der Waals surface area contributed by atoms with E-state index in [1.165, 1.54) is 6.42 Å². The van der Waals surface area contributed by atoms with Crippen molar-refractivity contribution in [3.05, 3.63) is 0 Å². The summed E-state index contributed by atoms with van der Waals surface area (Å²) in [7, 11) is 2.11. The van der Waals surface area contributed by atoms with Gasteiger partial charge in [-0.1, -0.05) is 6.42 Å². The summed E-state index contributed by atoms with van der Waals surface area (Å²) in [4.78, 5) is 14.1. The molecule has 2 aliphatic heterocycles. The number of ether oxygens (including phenoxy) is 1. The largest absolute Gasteiger partial charge is 0.461 e. The van der Waals surface area contributed by atoms with E-state index in [0.29, 0.717) is 0 Å². The highest BCUT2D eigenvalue weighted by Crippen LogP contribution is 2.15. The topological polar surface area (TPSA) is 41.6 Å². The SMILES string of the molecule is CN1CCC(OC(=O)[C@@H]2CCCCN2)CC1. The lowest BCUT2D eigenvalue weighted by molar-refractivity contribution is -0.154. The quantitative estimate of drug-likeness (QED) is 0.706. The molecule has 0 saturated carbocycles. The number of nitrogens with one attached hydrogen (secondary N) is 1. The summed E-state index contributed by atoms with van der Waals surface area (Å²) >= 11 is 0. The fraction of sp³-hybridized carbons (Fsp3) is 0.917. The van der Waals surface area contributed by atoms with Crippen molar-refractivity contribution < 1.29 is 9.53 Å². The number of hydrogen-bond donors (Lipinski definition) is 1. The molecule has 0 aromatic rings. The molecule has 1 N–H and O–H groups in total. The molecular weight excluding hydrogens is 204 g/mol. The van der Waals surface area contributed by atoms with Gasteiger partial charge in [0.2, 0.25) is 0 Å². The Kier molecular flexibility index (Phi) is 4.18. The average Bonchev–Trinajstić information content (AvgIpc) is 2.33. The van der Waals surface area contributed by atoms with Crippen LogP contribution in [0, 0.1) is 0 Å². The van der Waals surface area contributed by atoms with Crippen molar-refractivity contribution in [1.82, 2.24) is 10.2 Å². The zero-order valence-corrected chi connectivity index (χ0v) is 10.1. The third-order valence-electron chi connectivity index (χ3n) is 3.54. The molecule has 0 unspecified atom stereocenters. The van der Waals surface area contributed by atoms with Crippen LogP contribution >= 0.6 is 0 Å². The maximum atomic E-state index is 11.8. The number of carbonyl (C=O) groups excluding carboxylic acids is 1. The van der Waals surface area contributed by atoms with Gasteiger partial charge in [-0.05, 0) is 39.3 Å². The fourth-order valence-electron chi connectivity index (χ4n) is 2.40. The van der Waals surface area contributed by atoms with Crippen molar-refractivity contribution >= 4 is 5.97 Å². The molecule has 92 valence electrons. The van der Waals surface area contributed by atoms with Crippen molar-refractivity contribution in [3.63, 3.8) is 0 Å². The molecule has 0 bridgehead atoms. The normalized spacial score (nSPS) is 28.9. The minimum atomic E-state index is -0.0478. The Morgan fingerprint density at radius 2 is 2.00 bits per heavy atom. The van der Waals surface area contributed by atoms with E-state index < -0.39 is 0 Å². The summed E-state index contributed by atoms with van der Waals surface area (Å²) in [6.07, 6.45) is 5.36. The number of esters is 1. The predicted molar refractivity (Wildman–Crippen MR) is 62.3 cm³/mol. The molecule has 2 rings (SSSR count). The van der Waals surface area contributed by atoms with Crippen molar-refractivity contribution in [2.75, 3.05) is 26.7 Å². The Morgan fingerprint density at radius 3 is 2.62 bits per heavy atom. The van der Waals surface area contributed by atoms with Gasteiger partial charge in [-0.15, -0.1) is 0 Å². The molecular formula is C12H22N2O2. The number of nitrogens with zero attached hydrogens (tertiary/aromatic N) is 1. The van der Waals surface area contributed by atoms with Gasteiger partial charge >= 0.3 is 5.97 Å². The van der Waals surface area contributed by atoms with Crippen LogP contribution < -0.4 is 5.32 Å². The molecule has 16 heavy (non-hydrogen) atoms. The first-order valence-electron chi connectivity index (χ1n) is 6.38. The van der Waals surface area contributed by atoms with E-state index in [-0.39, 0.29) is 18.1 Å². The Hall–Kier alpha value is -0.610. The lowest BCUT2D eigenvalue weighted by atomic mass is 10.0. The van der Waals surface area contributed by atoms with E-state index in [4.69, 9.17) is 4.74 Å². The van der Waals surface area contributed by atoms with E-state index in [0.717, 1.165) is 45.3 Å². The van der Waals surface area contributed by atoms with E-state index in [2.05, 4.69) is 17.3 Å². The maximum Gasteiger partial charge on any atom is 0.323 e. The van der Waals surface area contributed by atoms with Gasteiger partial charge in [0.1, 0.15) is 12.1 Å². The standard InChI is InChI=1S/C12H22N2O2/c1-14-8-5-10(6-9-14)16-12(15)11-4-2-3-7-13-11/h10-11,13H,2-9H2,1H3/t11-/m0/s1. The van der Waals surface area contributed by atoms with Crippen molar-refractivity contribution in [1.29, 1.82) is 0 Å². The summed E-state index contributed by atoms with van der Waals surface area (Å²) in [5.74, 6) is -0.0331. The van der Waals surface area contributed by atoms with E-state index >= 15 is 0 Å². The molecule has 4 heteroatoms. The van der Waals surface area contributed by atoms with Crippen LogP contribution in [0.2, 0.25) is 0 Å². The van der Waals surface area contributed by atoms with Crippen LogP contribution in [0.25, 0.3) is 0 Å². The third kappa shape index (κ3) is 3.19. The second kappa shape index (κ2) is 5.64. The lowest BCUT2D eigenvalue weighted by Crippen LogP contribution is -2.44. The Morgan fingerprint density at radius 1 is 1.25 bits per heavy atom. The van der Waals surface area contributed by atoms with E-state index in [1.807, 2.05) is 0 Å². The van der Waals surface area contributed by atoms with Gasteiger partial charge < -0.3 is 15.0 Å². The number of hydrogen-bond acceptors (Lipinski definition) is 4. The van der Waals surface area contributed by atoms with Crippen LogP contribution in [-0.4, -0.2) is 49.7 Å². The molecule has 2 fully saturated rings. The molecule has 0 aromatic heterocycles. The van der Waals surface area contributed by atoms with Crippen molar-refractivity contribution in [2.45, 2.75) is 44.2 Å². The zero-order chi connectivity index (χ0) is 11.4. The average molecular weight is 226 g/mol. The van der Waals surface area contributed by atoms with Crippen LogP contribution in [0.3, 0.4) is 0 Å². The highest BCUT2D eigenvalue weighted by molar-refractivity contribution is 5.76. The summed E-state index contributed by atoms with van der Waals surface area (Å²) < 4.78 is 5.55. The van der Waals surface area contributed by atoms with Gasteiger partial charge in [0.15, 0.2) is 0 Å². The van der Waals surface area contributed by atoms with Crippen LogP contribution in [0.15, 0.2) is 0 Å². The van der Waals surface area contributed by atoms with Gasteiger partial charge in [0.05, 0.1) is 0 Å². The molecule has 0 aliphatic carbocycles. The van der Waals surface area contributed by atoms with Crippen LogP contribution in [0.4, 0.5) is 0 Å². The number of rotatable bonds is 2. The first kappa shape index (κ1) is 11.9. The molecule has 2 saturated heterocycles. The molecule has 0 amide bonds. The molecule has 2 heterocycles. The monoisotopic (exact) mass is 226 g/mol. The highest BCUT2D eigenvalue weighted by atomic mass is 16.5. The van der Waals surface area contributed by atoms with Crippen molar-refractivity contribution in [2.24, 2.45) is 0 Å². The highest BCUT2D eigenvalue weighted by Gasteiger charge is 2.26. The van der Waals surface area contributed by atoms with E-state index in [1.54, 1.807) is 0 Å². The Balaban J connectivity index is 1.73. The second-order valence-electron chi connectivity index (χ2n) is 4.94. The summed E-state index contributed by atoms with van der Waals surface area (Å²) in [6.45, 7) is 3.03. The van der Waals surface area contributed by atoms with Crippen LogP contribution in [0.5, 0.6) is 0 Å². The smallest absolute Gasteiger partial charge is 0.323 e. The first-order chi connectivity index (χ1) is 7.75. The summed E-state index contributed by atoms with van der Waals surface area (Å²) in [5.41, 5.74) is 0. The van der Waals surface area contributed by atoms with Gasteiger partial charge in [-0.3, -0.25) is 4.79 Å². The summed E-state index contributed by atoms with van der Waals surface area (Å²) in [5, 5.41) is 3.23. The van der Waals surface area contributed by atoms with Gasteiger partial charge in [-0.2, -0.15) is 0 Å². The van der Waals surface area contributed by atoms with Gasteiger partial charge in [-0.25, -0.2) is 0 Å². The van der Waals surface area contributed by atoms with Gasteiger partial charge in [0, 0.05) is 13.1 Å². The first-order valence-corrected chi connectivity index (χ1v) is 6.38. The Labute approximate surface area is 97.3 Å². The minimum absolute atomic E-state index is 0.0331. The zero-order valence-electron chi connectivity index (χ0n) is 10.1. The third-order valence-corrected chi connectivity index (χ3v) is 3.54. The van der Waals surface area contributed by atoms with Gasteiger partial charge in [0.25, 0.3) is 0 Å². The predicted octanol–water partition coefficient (Wildman–Crippen LogP) is 0.766. The number of likely N-dealkylation sites (tertiary alicyclic amines) is 1. The van der Waals surface area contributed by atoms with Crippen LogP contribution in [0.1, 0.15) is 32.1 Å². The minimum Gasteiger partial charge on any atom is -0.461 e. The molecule has 2 aliphatic rings. The summed E-state index contributed by atoms with van der Waals surface area (Å²) in [6, 6.07) is -0.0478. The van der Waals surface area contributed by atoms with Crippen LogP contribution in [-0.2, 0) is 9.53 Å².